The Morgan fingerprint density at radius 1 is 1.44 bits per heavy atom. The molecule has 1 atom stereocenters. The maximum absolute atomic E-state index is 6.30. The maximum atomic E-state index is 6.30. The van der Waals surface area contributed by atoms with Crippen molar-refractivity contribution in [2.24, 2.45) is 11.1 Å². The van der Waals surface area contributed by atoms with Gasteiger partial charge < -0.3 is 10.5 Å². The predicted octanol–water partition coefficient (Wildman–Crippen LogP) is 3.46. The molecule has 2 N–H and O–H groups in total. The van der Waals surface area contributed by atoms with Crippen molar-refractivity contribution in [3.05, 3.63) is 28.3 Å². The zero-order valence-corrected chi connectivity index (χ0v) is 10.8. The molecule has 16 heavy (non-hydrogen) atoms. The first-order valence-corrected chi connectivity index (χ1v) is 5.95. The van der Waals surface area contributed by atoms with Crippen molar-refractivity contribution < 1.29 is 4.74 Å². The molecular weight excluding hydrogens is 222 g/mol. The number of rotatable bonds is 3. The summed E-state index contributed by atoms with van der Waals surface area (Å²) in [7, 11) is 1.63. The summed E-state index contributed by atoms with van der Waals surface area (Å²) in [5.74, 6) is 0.719. The topological polar surface area (TPSA) is 35.2 Å². The van der Waals surface area contributed by atoms with Crippen LogP contribution in [0.25, 0.3) is 0 Å². The Morgan fingerprint density at radius 3 is 2.56 bits per heavy atom. The van der Waals surface area contributed by atoms with E-state index < -0.39 is 0 Å². The van der Waals surface area contributed by atoms with Gasteiger partial charge in [-0.1, -0.05) is 18.5 Å². The first-order valence-electron chi connectivity index (χ1n) is 5.57. The highest BCUT2D eigenvalue weighted by Gasteiger charge is 2.44. The molecule has 1 fully saturated rings. The van der Waals surface area contributed by atoms with Gasteiger partial charge in [0.25, 0.3) is 0 Å². The Labute approximate surface area is 102 Å². The van der Waals surface area contributed by atoms with Gasteiger partial charge in [-0.2, -0.15) is 0 Å². The van der Waals surface area contributed by atoms with Crippen LogP contribution in [-0.4, -0.2) is 7.11 Å². The van der Waals surface area contributed by atoms with E-state index in [4.69, 9.17) is 22.1 Å². The summed E-state index contributed by atoms with van der Waals surface area (Å²) in [6, 6.07) is 3.99. The molecule has 0 radical (unpaired) electrons. The summed E-state index contributed by atoms with van der Waals surface area (Å²) in [5.41, 5.74) is 8.86. The fraction of sp³-hybridized carbons (Fsp3) is 0.538. The predicted molar refractivity (Wildman–Crippen MR) is 67.0 cm³/mol. The van der Waals surface area contributed by atoms with Crippen LogP contribution in [0.15, 0.2) is 12.1 Å². The largest absolute Gasteiger partial charge is 0.495 e. The highest BCUT2D eigenvalue weighted by atomic mass is 35.5. The number of hydrogen-bond donors (Lipinski definition) is 1. The lowest BCUT2D eigenvalue weighted by Crippen LogP contribution is -2.21. The third-order valence-corrected chi connectivity index (χ3v) is 3.96. The van der Waals surface area contributed by atoms with Crippen LogP contribution in [0.1, 0.15) is 36.9 Å². The van der Waals surface area contributed by atoms with Crippen LogP contribution in [0.3, 0.4) is 0 Å². The van der Waals surface area contributed by atoms with Gasteiger partial charge >= 0.3 is 0 Å². The van der Waals surface area contributed by atoms with Crippen molar-refractivity contribution in [1.82, 2.24) is 0 Å². The molecule has 88 valence electrons. The van der Waals surface area contributed by atoms with E-state index in [1.54, 1.807) is 7.11 Å². The molecule has 1 aromatic rings. The van der Waals surface area contributed by atoms with Gasteiger partial charge in [0.05, 0.1) is 12.1 Å². The highest BCUT2D eigenvalue weighted by Crippen LogP contribution is 2.54. The van der Waals surface area contributed by atoms with Gasteiger partial charge in [0.1, 0.15) is 5.75 Å². The monoisotopic (exact) mass is 239 g/mol. The van der Waals surface area contributed by atoms with E-state index in [1.165, 1.54) is 12.8 Å². The lowest BCUT2D eigenvalue weighted by atomic mass is 9.90. The number of benzene rings is 1. The molecule has 1 aliphatic rings. The zero-order chi connectivity index (χ0) is 11.9. The smallest absolute Gasteiger partial charge is 0.137 e. The molecule has 2 rings (SSSR count). The zero-order valence-electron chi connectivity index (χ0n) is 10.0. The second-order valence-corrected chi connectivity index (χ2v) is 5.38. The molecule has 1 saturated carbocycles. The number of hydrogen-bond acceptors (Lipinski definition) is 2. The first kappa shape index (κ1) is 11.7. The van der Waals surface area contributed by atoms with Gasteiger partial charge in [0.2, 0.25) is 0 Å². The molecule has 1 unspecified atom stereocenters. The fourth-order valence-electron chi connectivity index (χ4n) is 2.05. The average molecular weight is 240 g/mol. The summed E-state index contributed by atoms with van der Waals surface area (Å²) in [6.07, 6.45) is 2.41. The molecule has 0 saturated heterocycles. The summed E-state index contributed by atoms with van der Waals surface area (Å²) >= 11 is 6.14. The van der Waals surface area contributed by atoms with Crippen LogP contribution in [0.4, 0.5) is 0 Å². The summed E-state index contributed by atoms with van der Waals surface area (Å²) in [5, 5.41) is 0.641. The quantitative estimate of drug-likeness (QED) is 0.877. The minimum Gasteiger partial charge on any atom is -0.495 e. The number of ether oxygens (including phenoxy) is 1. The van der Waals surface area contributed by atoms with Crippen LogP contribution in [0.2, 0.25) is 5.02 Å². The second kappa shape index (κ2) is 3.94. The number of methoxy groups -OCH3 is 1. The van der Waals surface area contributed by atoms with E-state index >= 15 is 0 Å². The third-order valence-electron chi connectivity index (χ3n) is 3.67. The average Bonchev–Trinajstić information content (AvgIpc) is 2.99. The minimum absolute atomic E-state index is 0.0795. The van der Waals surface area contributed by atoms with Gasteiger partial charge in [0, 0.05) is 6.04 Å². The fourth-order valence-corrected chi connectivity index (χ4v) is 2.29. The van der Waals surface area contributed by atoms with Crippen LogP contribution < -0.4 is 10.5 Å². The van der Waals surface area contributed by atoms with E-state index in [0.717, 1.165) is 16.9 Å². The molecule has 0 spiro atoms. The van der Waals surface area contributed by atoms with Crippen LogP contribution in [-0.2, 0) is 0 Å². The van der Waals surface area contributed by atoms with E-state index in [9.17, 15) is 0 Å². The number of nitrogens with two attached hydrogens (primary N) is 1. The second-order valence-electron chi connectivity index (χ2n) is 4.98. The van der Waals surface area contributed by atoms with Crippen molar-refractivity contribution in [3.8, 4) is 5.75 Å². The Morgan fingerprint density at radius 2 is 2.06 bits per heavy atom. The molecule has 1 aromatic carbocycles. The van der Waals surface area contributed by atoms with E-state index in [1.807, 2.05) is 12.1 Å². The molecule has 3 heteroatoms. The molecule has 1 aliphatic carbocycles. The Hall–Kier alpha value is -0.730. The van der Waals surface area contributed by atoms with E-state index in [0.29, 0.717) is 5.02 Å². The molecule has 0 amide bonds. The van der Waals surface area contributed by atoms with Crippen molar-refractivity contribution in [2.45, 2.75) is 32.7 Å². The lowest BCUT2D eigenvalue weighted by Gasteiger charge is -2.22. The van der Waals surface area contributed by atoms with Crippen LogP contribution in [0.5, 0.6) is 5.75 Å². The third kappa shape index (κ3) is 1.92. The van der Waals surface area contributed by atoms with Crippen molar-refractivity contribution in [1.29, 1.82) is 0 Å². The van der Waals surface area contributed by atoms with Crippen molar-refractivity contribution >= 4 is 11.6 Å². The Bertz CT molecular complexity index is 413. The van der Waals surface area contributed by atoms with E-state index in [2.05, 4.69) is 13.8 Å². The number of halogens is 1. The lowest BCUT2D eigenvalue weighted by molar-refractivity contribution is 0.412. The summed E-state index contributed by atoms with van der Waals surface area (Å²) in [4.78, 5) is 0. The van der Waals surface area contributed by atoms with Gasteiger partial charge in [-0.3, -0.25) is 0 Å². The minimum atomic E-state index is 0.0795. The Kier molecular flexibility index (Phi) is 2.89. The van der Waals surface area contributed by atoms with Crippen molar-refractivity contribution in [3.63, 3.8) is 0 Å². The normalized spacial score (nSPS) is 19.3. The van der Waals surface area contributed by atoms with Crippen LogP contribution >= 0.6 is 11.6 Å². The SMILES string of the molecule is COc1cc(C)c(C(N)C2(C)CC2)cc1Cl. The molecule has 0 aromatic heterocycles. The summed E-state index contributed by atoms with van der Waals surface area (Å²) in [6.45, 7) is 4.29. The summed E-state index contributed by atoms with van der Waals surface area (Å²) < 4.78 is 5.19. The van der Waals surface area contributed by atoms with Crippen LogP contribution in [0, 0.1) is 12.3 Å². The van der Waals surface area contributed by atoms with E-state index in [-0.39, 0.29) is 11.5 Å². The van der Waals surface area contributed by atoms with Crippen molar-refractivity contribution in [2.75, 3.05) is 7.11 Å². The molecule has 0 aliphatic heterocycles. The molecular formula is C13H18ClNO. The standard InChI is InChI=1S/C13H18ClNO/c1-8-6-11(16-3)10(14)7-9(8)12(15)13(2)4-5-13/h6-7,12H,4-5,15H2,1-3H3. The number of aryl methyl sites for hydroxylation is 1. The van der Waals surface area contributed by atoms with Gasteiger partial charge in [-0.25, -0.2) is 0 Å². The molecule has 0 heterocycles. The van der Waals surface area contributed by atoms with Gasteiger partial charge in [-0.05, 0) is 48.4 Å². The first-order chi connectivity index (χ1) is 7.48. The highest BCUT2D eigenvalue weighted by molar-refractivity contribution is 6.32. The molecule has 2 nitrogen and oxygen atoms in total. The Balaban J connectivity index is 2.38. The molecule has 0 bridgehead atoms. The van der Waals surface area contributed by atoms with Gasteiger partial charge in [-0.15, -0.1) is 0 Å². The van der Waals surface area contributed by atoms with Gasteiger partial charge in [0.15, 0.2) is 0 Å². The maximum Gasteiger partial charge on any atom is 0.137 e.